The second kappa shape index (κ2) is 5.29. The highest BCUT2D eigenvalue weighted by atomic mass is 16.5. The predicted octanol–water partition coefficient (Wildman–Crippen LogP) is 2.65. The van der Waals surface area contributed by atoms with Gasteiger partial charge in [-0.2, -0.15) is 0 Å². The molecule has 4 rings (SSSR count). The number of methoxy groups -OCH3 is 1. The van der Waals surface area contributed by atoms with Crippen molar-refractivity contribution in [1.29, 1.82) is 0 Å². The third-order valence-electron chi connectivity index (χ3n) is 4.98. The van der Waals surface area contributed by atoms with E-state index in [4.69, 9.17) is 4.74 Å². The topological polar surface area (TPSA) is 28.6 Å². The molecule has 2 atom stereocenters. The summed E-state index contributed by atoms with van der Waals surface area (Å²) in [6.07, 6.45) is 3.28. The quantitative estimate of drug-likeness (QED) is 0.870. The molecule has 2 aliphatic rings. The number of rotatable bonds is 3. The van der Waals surface area contributed by atoms with E-state index in [0.29, 0.717) is 12.1 Å². The second-order valence-electron chi connectivity index (χ2n) is 6.24. The Morgan fingerprint density at radius 3 is 2.59 bits per heavy atom. The summed E-state index contributed by atoms with van der Waals surface area (Å²) in [5, 5.41) is 0. The van der Waals surface area contributed by atoms with Crippen molar-refractivity contribution in [3.8, 4) is 17.0 Å². The molecule has 0 N–H and O–H groups in total. The first-order chi connectivity index (χ1) is 10.8. The molecule has 4 heteroatoms. The number of hydrogen-bond donors (Lipinski definition) is 0. The summed E-state index contributed by atoms with van der Waals surface area (Å²) in [5.41, 5.74) is 3.24. The molecular weight excluding hydrogens is 274 g/mol. The summed E-state index contributed by atoms with van der Waals surface area (Å²) < 4.78 is 5.43. The molecule has 1 aromatic carbocycles. The van der Waals surface area contributed by atoms with Crippen LogP contribution in [0.3, 0.4) is 0 Å². The number of nitrogens with zero attached hydrogens (tertiary/aromatic N) is 3. The molecule has 2 saturated heterocycles. The van der Waals surface area contributed by atoms with Crippen molar-refractivity contribution in [3.63, 3.8) is 0 Å². The van der Waals surface area contributed by atoms with E-state index in [2.05, 4.69) is 34.0 Å². The van der Waals surface area contributed by atoms with Crippen LogP contribution in [0.5, 0.6) is 5.75 Å². The van der Waals surface area contributed by atoms with Gasteiger partial charge >= 0.3 is 0 Å². The number of hydrogen-bond acceptors (Lipinski definition) is 4. The van der Waals surface area contributed by atoms with E-state index in [1.54, 1.807) is 7.11 Å². The maximum atomic E-state index is 5.43. The fourth-order valence-corrected chi connectivity index (χ4v) is 3.75. The van der Waals surface area contributed by atoms with Gasteiger partial charge in [-0.05, 0) is 37.7 Å². The molecule has 0 aliphatic carbocycles. The third kappa shape index (κ3) is 2.15. The number of benzene rings is 1. The second-order valence-corrected chi connectivity index (χ2v) is 6.24. The Balaban J connectivity index is 1.59. The molecule has 114 valence electrons. The molecule has 2 aromatic rings. The zero-order valence-electron chi connectivity index (χ0n) is 13.1. The monoisotopic (exact) mass is 295 g/mol. The van der Waals surface area contributed by atoms with Crippen LogP contribution in [-0.2, 0) is 0 Å². The minimum absolute atomic E-state index is 0.647. The molecule has 2 fully saturated rings. The van der Waals surface area contributed by atoms with Crippen LogP contribution in [0.1, 0.15) is 6.42 Å². The van der Waals surface area contributed by atoms with Gasteiger partial charge in [-0.15, -0.1) is 0 Å². The van der Waals surface area contributed by atoms with Crippen LogP contribution >= 0.6 is 0 Å². The fraction of sp³-hybridized carbons (Fsp3) is 0.389. The van der Waals surface area contributed by atoms with Crippen molar-refractivity contribution >= 4 is 5.69 Å². The highest BCUT2D eigenvalue weighted by Crippen LogP contribution is 2.34. The summed E-state index contributed by atoms with van der Waals surface area (Å²) >= 11 is 0. The molecule has 2 aliphatic heterocycles. The molecule has 3 heterocycles. The van der Waals surface area contributed by atoms with E-state index in [-0.39, 0.29) is 0 Å². The summed E-state index contributed by atoms with van der Waals surface area (Å²) in [4.78, 5) is 9.64. The maximum absolute atomic E-state index is 5.43. The van der Waals surface area contributed by atoms with E-state index in [1.807, 2.05) is 30.5 Å². The Hall–Kier alpha value is -2.07. The molecule has 1 aromatic heterocycles. The molecular formula is C18H21N3O. The molecule has 22 heavy (non-hydrogen) atoms. The summed E-state index contributed by atoms with van der Waals surface area (Å²) in [5.74, 6) is 0.865. The number of fused-ring (bicyclic) bond motifs is 2. The highest BCUT2D eigenvalue weighted by molar-refractivity contribution is 5.68. The van der Waals surface area contributed by atoms with Crippen LogP contribution < -0.4 is 9.64 Å². The number of piperazine rings is 1. The lowest BCUT2D eigenvalue weighted by atomic mass is 10.1. The molecule has 2 unspecified atom stereocenters. The minimum atomic E-state index is 0.647. The van der Waals surface area contributed by atoms with Gasteiger partial charge in [0.1, 0.15) is 5.75 Å². The smallest absolute Gasteiger partial charge is 0.128 e. The van der Waals surface area contributed by atoms with Crippen LogP contribution in [0.25, 0.3) is 11.3 Å². The van der Waals surface area contributed by atoms with Crippen molar-refractivity contribution in [2.75, 3.05) is 32.1 Å². The average molecular weight is 295 g/mol. The lowest BCUT2D eigenvalue weighted by Crippen LogP contribution is -2.44. The van der Waals surface area contributed by atoms with Gasteiger partial charge in [0.2, 0.25) is 0 Å². The van der Waals surface area contributed by atoms with Crippen molar-refractivity contribution in [2.45, 2.75) is 18.5 Å². The van der Waals surface area contributed by atoms with Crippen LogP contribution in [0.15, 0.2) is 42.6 Å². The summed E-state index contributed by atoms with van der Waals surface area (Å²) in [6, 6.07) is 13.7. The van der Waals surface area contributed by atoms with Crippen molar-refractivity contribution in [2.24, 2.45) is 0 Å². The molecule has 4 nitrogen and oxygen atoms in total. The minimum Gasteiger partial charge on any atom is -0.496 e. The van der Waals surface area contributed by atoms with Gasteiger partial charge in [0.15, 0.2) is 0 Å². The number of likely N-dealkylation sites (N-methyl/N-ethyl adjacent to an activating group) is 1. The number of likely N-dealkylation sites (tertiary alicyclic amines) is 1. The standard InChI is InChI=1S/C18H21N3O/c1-20-11-15-9-14(20)12-21(15)13-7-8-17(19-10-13)16-5-3-4-6-18(16)22-2/h3-8,10,14-15H,9,11-12H2,1-2H3. The number of pyridine rings is 1. The van der Waals surface area contributed by atoms with Gasteiger partial charge in [0.25, 0.3) is 0 Å². The Kier molecular flexibility index (Phi) is 3.26. The number of ether oxygens (including phenoxy) is 1. The number of anilines is 1. The van der Waals surface area contributed by atoms with Gasteiger partial charge in [0.05, 0.1) is 24.7 Å². The van der Waals surface area contributed by atoms with E-state index in [0.717, 1.165) is 23.6 Å². The summed E-state index contributed by atoms with van der Waals surface area (Å²) in [6.45, 7) is 2.29. The van der Waals surface area contributed by atoms with Crippen molar-refractivity contribution < 1.29 is 4.74 Å². The highest BCUT2D eigenvalue weighted by Gasteiger charge is 2.41. The molecule has 0 saturated carbocycles. The normalized spacial score (nSPS) is 24.0. The van der Waals surface area contributed by atoms with Crippen LogP contribution in [0, 0.1) is 0 Å². The first-order valence-electron chi connectivity index (χ1n) is 7.82. The molecule has 0 amide bonds. The fourth-order valence-electron chi connectivity index (χ4n) is 3.75. The third-order valence-corrected chi connectivity index (χ3v) is 4.98. The van der Waals surface area contributed by atoms with Gasteiger partial charge in [-0.3, -0.25) is 9.88 Å². The molecule has 2 bridgehead atoms. The maximum Gasteiger partial charge on any atom is 0.128 e. The SMILES string of the molecule is COc1ccccc1-c1ccc(N2CC3CC2CN3C)cn1. The zero-order chi connectivity index (χ0) is 15.1. The van der Waals surface area contributed by atoms with Crippen molar-refractivity contribution in [3.05, 3.63) is 42.6 Å². The Morgan fingerprint density at radius 2 is 1.95 bits per heavy atom. The Morgan fingerprint density at radius 1 is 1.09 bits per heavy atom. The molecule has 0 radical (unpaired) electrons. The Labute approximate surface area is 131 Å². The predicted molar refractivity (Wildman–Crippen MR) is 88.4 cm³/mol. The van der Waals surface area contributed by atoms with Crippen molar-refractivity contribution in [1.82, 2.24) is 9.88 Å². The first kappa shape index (κ1) is 13.6. The largest absolute Gasteiger partial charge is 0.496 e. The lowest BCUT2D eigenvalue weighted by Gasteiger charge is -2.33. The number of aromatic nitrogens is 1. The van der Waals surface area contributed by atoms with Gasteiger partial charge < -0.3 is 9.64 Å². The van der Waals surface area contributed by atoms with Gasteiger partial charge in [0, 0.05) is 30.7 Å². The molecule has 0 spiro atoms. The zero-order valence-corrected chi connectivity index (χ0v) is 13.1. The Bertz CT molecular complexity index is 668. The summed E-state index contributed by atoms with van der Waals surface area (Å²) in [7, 11) is 3.93. The van der Waals surface area contributed by atoms with E-state index >= 15 is 0 Å². The first-order valence-corrected chi connectivity index (χ1v) is 7.82. The van der Waals surface area contributed by atoms with Crippen LogP contribution in [-0.4, -0.2) is 49.2 Å². The van der Waals surface area contributed by atoms with E-state index in [1.165, 1.54) is 18.7 Å². The van der Waals surface area contributed by atoms with Crippen LogP contribution in [0.4, 0.5) is 5.69 Å². The lowest BCUT2D eigenvalue weighted by molar-refractivity contribution is 0.292. The van der Waals surface area contributed by atoms with E-state index in [9.17, 15) is 0 Å². The van der Waals surface area contributed by atoms with Gasteiger partial charge in [-0.1, -0.05) is 12.1 Å². The van der Waals surface area contributed by atoms with E-state index < -0.39 is 0 Å². The van der Waals surface area contributed by atoms with Crippen LogP contribution in [0.2, 0.25) is 0 Å². The van der Waals surface area contributed by atoms with Gasteiger partial charge in [-0.25, -0.2) is 0 Å². The number of para-hydroxylation sites is 1. The average Bonchev–Trinajstić information content (AvgIpc) is 3.14.